The fourth-order valence-electron chi connectivity index (χ4n) is 3.36. The first kappa shape index (κ1) is 15.0. The number of hydrogen-bond acceptors (Lipinski definition) is 4. The van der Waals surface area contributed by atoms with Crippen LogP contribution in [0.4, 0.5) is 0 Å². The molecule has 3 aliphatic rings. The second-order valence-electron chi connectivity index (χ2n) is 5.70. The van der Waals surface area contributed by atoms with Crippen molar-refractivity contribution in [2.24, 2.45) is 11.8 Å². The van der Waals surface area contributed by atoms with Crippen molar-refractivity contribution in [3.63, 3.8) is 0 Å². The Morgan fingerprint density at radius 1 is 1.16 bits per heavy atom. The lowest BCUT2D eigenvalue weighted by atomic mass is 9.89. The molecule has 1 amide bonds. The molecule has 0 radical (unpaired) electrons. The van der Waals surface area contributed by atoms with E-state index in [-0.39, 0.29) is 18.3 Å². The van der Waals surface area contributed by atoms with Crippen molar-refractivity contribution in [3.05, 3.63) is 0 Å². The summed E-state index contributed by atoms with van der Waals surface area (Å²) in [5.41, 5.74) is 0. The molecular formula is C13H24ClN3O2. The van der Waals surface area contributed by atoms with E-state index in [0.29, 0.717) is 19.8 Å². The van der Waals surface area contributed by atoms with Gasteiger partial charge in [-0.05, 0) is 37.9 Å². The molecule has 0 aliphatic carbocycles. The van der Waals surface area contributed by atoms with Crippen molar-refractivity contribution >= 4 is 18.3 Å². The fraction of sp³-hybridized carbons (Fsp3) is 0.923. The van der Waals surface area contributed by atoms with E-state index in [1.807, 2.05) is 4.90 Å². The Kier molecular flexibility index (Phi) is 5.45. The third-order valence-electron chi connectivity index (χ3n) is 4.51. The minimum Gasteiger partial charge on any atom is -0.378 e. The summed E-state index contributed by atoms with van der Waals surface area (Å²) in [6.07, 6.45) is 1.24. The number of carbonyl (C=O) groups excluding carboxylic acids is 1. The molecule has 5 nitrogen and oxygen atoms in total. The van der Waals surface area contributed by atoms with Crippen LogP contribution in [0.2, 0.25) is 0 Å². The first-order chi connectivity index (χ1) is 8.83. The van der Waals surface area contributed by atoms with E-state index in [9.17, 15) is 4.79 Å². The van der Waals surface area contributed by atoms with Gasteiger partial charge in [-0.15, -0.1) is 12.4 Å². The van der Waals surface area contributed by atoms with Gasteiger partial charge in [-0.2, -0.15) is 0 Å². The number of amides is 1. The van der Waals surface area contributed by atoms with Crippen LogP contribution in [0.1, 0.15) is 6.42 Å². The van der Waals surface area contributed by atoms with Crippen LogP contribution in [0.25, 0.3) is 0 Å². The number of morpholine rings is 1. The average Bonchev–Trinajstić information content (AvgIpc) is 2.87. The zero-order valence-corrected chi connectivity index (χ0v) is 12.2. The minimum absolute atomic E-state index is 0. The van der Waals surface area contributed by atoms with Crippen molar-refractivity contribution in [1.82, 2.24) is 15.1 Å². The largest absolute Gasteiger partial charge is 0.378 e. The van der Waals surface area contributed by atoms with E-state index in [1.165, 1.54) is 13.0 Å². The number of halogens is 1. The van der Waals surface area contributed by atoms with Gasteiger partial charge >= 0.3 is 0 Å². The molecule has 3 heterocycles. The molecule has 2 atom stereocenters. The molecule has 3 rings (SSSR count). The number of fused-ring (bicyclic) bond motifs is 1. The zero-order valence-electron chi connectivity index (χ0n) is 11.3. The Morgan fingerprint density at radius 2 is 1.89 bits per heavy atom. The summed E-state index contributed by atoms with van der Waals surface area (Å²) in [7, 11) is 0. The van der Waals surface area contributed by atoms with Crippen LogP contribution >= 0.6 is 12.4 Å². The summed E-state index contributed by atoms with van der Waals surface area (Å²) < 4.78 is 5.28. The van der Waals surface area contributed by atoms with Crippen molar-refractivity contribution in [2.45, 2.75) is 6.42 Å². The maximum Gasteiger partial charge on any atom is 0.236 e. The third kappa shape index (κ3) is 3.60. The average molecular weight is 290 g/mol. The lowest BCUT2D eigenvalue weighted by Crippen LogP contribution is -2.48. The van der Waals surface area contributed by atoms with Crippen LogP contribution in [-0.2, 0) is 9.53 Å². The third-order valence-corrected chi connectivity index (χ3v) is 4.51. The molecule has 6 heteroatoms. The molecular weight excluding hydrogens is 266 g/mol. The van der Waals surface area contributed by atoms with Gasteiger partial charge in [0.15, 0.2) is 0 Å². The Balaban J connectivity index is 0.00000133. The van der Waals surface area contributed by atoms with Gasteiger partial charge in [0.2, 0.25) is 5.91 Å². The van der Waals surface area contributed by atoms with E-state index < -0.39 is 0 Å². The van der Waals surface area contributed by atoms with Crippen LogP contribution in [-0.4, -0.2) is 74.7 Å². The molecule has 0 aromatic rings. The topological polar surface area (TPSA) is 44.8 Å². The molecule has 0 aromatic heterocycles. The molecule has 1 N–H and O–H groups in total. The number of ether oxygens (including phenoxy) is 1. The number of nitrogens with one attached hydrogen (secondary N) is 1. The predicted molar refractivity (Wildman–Crippen MR) is 75.6 cm³/mol. The molecule has 3 saturated heterocycles. The zero-order chi connectivity index (χ0) is 12.4. The highest BCUT2D eigenvalue weighted by molar-refractivity contribution is 5.85. The number of piperidine rings is 1. The van der Waals surface area contributed by atoms with Gasteiger partial charge in [0.1, 0.15) is 0 Å². The first-order valence-electron chi connectivity index (χ1n) is 7.11. The molecule has 0 saturated carbocycles. The van der Waals surface area contributed by atoms with Gasteiger partial charge in [0.25, 0.3) is 0 Å². The lowest BCUT2D eigenvalue weighted by molar-refractivity contribution is -0.137. The molecule has 3 fully saturated rings. The van der Waals surface area contributed by atoms with Crippen molar-refractivity contribution in [3.8, 4) is 0 Å². The molecule has 3 aliphatic heterocycles. The summed E-state index contributed by atoms with van der Waals surface area (Å²) in [6, 6.07) is 0. The summed E-state index contributed by atoms with van der Waals surface area (Å²) in [6.45, 7) is 8.00. The van der Waals surface area contributed by atoms with E-state index in [2.05, 4.69) is 10.2 Å². The predicted octanol–water partition coefficient (Wildman–Crippen LogP) is -0.192. The molecule has 0 spiro atoms. The van der Waals surface area contributed by atoms with Crippen molar-refractivity contribution < 1.29 is 9.53 Å². The Hall–Kier alpha value is -0.360. The Bertz CT molecular complexity index is 310. The second kappa shape index (κ2) is 6.88. The highest BCUT2D eigenvalue weighted by Crippen LogP contribution is 2.26. The number of carbonyl (C=O) groups is 1. The number of hydrogen-bond donors (Lipinski definition) is 1. The maximum absolute atomic E-state index is 12.2. The van der Waals surface area contributed by atoms with Crippen LogP contribution in [0.5, 0.6) is 0 Å². The minimum atomic E-state index is 0. The summed E-state index contributed by atoms with van der Waals surface area (Å²) in [5.74, 6) is 1.89. The van der Waals surface area contributed by atoms with E-state index in [4.69, 9.17) is 4.74 Å². The van der Waals surface area contributed by atoms with Crippen LogP contribution in [0, 0.1) is 11.8 Å². The monoisotopic (exact) mass is 289 g/mol. The maximum atomic E-state index is 12.2. The van der Waals surface area contributed by atoms with E-state index >= 15 is 0 Å². The van der Waals surface area contributed by atoms with Gasteiger partial charge in [-0.1, -0.05) is 0 Å². The van der Waals surface area contributed by atoms with Gasteiger partial charge in [-0.25, -0.2) is 0 Å². The smallest absolute Gasteiger partial charge is 0.236 e. The molecule has 0 bridgehead atoms. The second-order valence-corrected chi connectivity index (χ2v) is 5.70. The molecule has 2 unspecified atom stereocenters. The van der Waals surface area contributed by atoms with Gasteiger partial charge in [-0.3, -0.25) is 9.69 Å². The first-order valence-corrected chi connectivity index (χ1v) is 7.11. The van der Waals surface area contributed by atoms with Crippen molar-refractivity contribution in [2.75, 3.05) is 59.0 Å². The SMILES string of the molecule is Cl.O=C(CN1CCC2CNCC2C1)N1CCOCC1. The molecule has 110 valence electrons. The highest BCUT2D eigenvalue weighted by atomic mass is 35.5. The summed E-state index contributed by atoms with van der Waals surface area (Å²) >= 11 is 0. The van der Waals surface area contributed by atoms with Gasteiger partial charge in [0.05, 0.1) is 19.8 Å². The Labute approximate surface area is 121 Å². The van der Waals surface area contributed by atoms with Crippen LogP contribution < -0.4 is 5.32 Å². The van der Waals surface area contributed by atoms with E-state index in [0.717, 1.165) is 44.6 Å². The fourth-order valence-corrected chi connectivity index (χ4v) is 3.36. The van der Waals surface area contributed by atoms with Gasteiger partial charge < -0.3 is 15.0 Å². The quantitative estimate of drug-likeness (QED) is 0.765. The lowest BCUT2D eigenvalue weighted by Gasteiger charge is -2.35. The highest BCUT2D eigenvalue weighted by Gasteiger charge is 2.33. The molecule has 0 aromatic carbocycles. The molecule has 19 heavy (non-hydrogen) atoms. The summed E-state index contributed by atoms with van der Waals surface area (Å²) in [4.78, 5) is 16.5. The van der Waals surface area contributed by atoms with Gasteiger partial charge in [0, 0.05) is 19.6 Å². The van der Waals surface area contributed by atoms with Crippen LogP contribution in [0.15, 0.2) is 0 Å². The number of rotatable bonds is 2. The summed E-state index contributed by atoms with van der Waals surface area (Å²) in [5, 5.41) is 3.46. The van der Waals surface area contributed by atoms with Crippen LogP contribution in [0.3, 0.4) is 0 Å². The standard InChI is InChI=1S/C13H23N3O2.ClH/c17-13(16-3-5-18-6-4-16)10-15-2-1-11-7-14-8-12(11)9-15;/h11-12,14H,1-10H2;1H. The number of likely N-dealkylation sites (tertiary alicyclic amines) is 1. The van der Waals surface area contributed by atoms with Crippen molar-refractivity contribution in [1.29, 1.82) is 0 Å². The Morgan fingerprint density at radius 3 is 2.68 bits per heavy atom. The normalized spacial score (nSPS) is 31.7. The van der Waals surface area contributed by atoms with E-state index in [1.54, 1.807) is 0 Å². The number of nitrogens with zero attached hydrogens (tertiary/aromatic N) is 2.